The number of carbonyl (C=O) groups excluding carboxylic acids is 1. The number of non-ortho nitro benzene ring substituents is 1. The van der Waals surface area contributed by atoms with Crippen molar-refractivity contribution in [3.05, 3.63) is 32.8 Å². The van der Waals surface area contributed by atoms with Crippen LogP contribution in [0.15, 0.2) is 22.7 Å². The van der Waals surface area contributed by atoms with Gasteiger partial charge in [-0.15, -0.1) is 0 Å². The Hall–Kier alpha value is -1.94. The van der Waals surface area contributed by atoms with E-state index in [4.69, 9.17) is 5.26 Å². The van der Waals surface area contributed by atoms with Crippen LogP contribution >= 0.6 is 15.9 Å². The smallest absolute Gasteiger partial charge is 0.270 e. The third kappa shape index (κ3) is 3.76. The highest BCUT2D eigenvalue weighted by Gasteiger charge is 2.22. The van der Waals surface area contributed by atoms with Gasteiger partial charge >= 0.3 is 0 Å². The lowest BCUT2D eigenvalue weighted by Crippen LogP contribution is -2.25. The number of anilines is 1. The molecule has 0 bridgehead atoms. The first-order valence-corrected chi connectivity index (χ1v) is 6.30. The molecule has 1 aromatic carbocycles. The number of nitro groups is 1. The number of hydrogen-bond donors (Lipinski definition) is 1. The van der Waals surface area contributed by atoms with Gasteiger partial charge in [-0.2, -0.15) is 5.26 Å². The zero-order valence-electron chi connectivity index (χ0n) is 10.4. The number of nitrogens with one attached hydrogen (secondary N) is 1. The number of rotatable bonds is 4. The van der Waals surface area contributed by atoms with E-state index in [9.17, 15) is 14.9 Å². The summed E-state index contributed by atoms with van der Waals surface area (Å²) in [4.78, 5) is 21.9. The van der Waals surface area contributed by atoms with Crippen molar-refractivity contribution in [3.8, 4) is 6.07 Å². The van der Waals surface area contributed by atoms with Crippen molar-refractivity contribution >= 4 is 33.2 Å². The molecule has 0 aliphatic carbocycles. The Labute approximate surface area is 118 Å². The monoisotopic (exact) mass is 325 g/mol. The fraction of sp³-hybridized carbons (Fsp3) is 0.333. The summed E-state index contributed by atoms with van der Waals surface area (Å²) >= 11 is 3.15. The van der Waals surface area contributed by atoms with E-state index in [-0.39, 0.29) is 11.6 Å². The normalized spacial score (nSPS) is 11.7. The fourth-order valence-corrected chi connectivity index (χ4v) is 1.91. The summed E-state index contributed by atoms with van der Waals surface area (Å²) in [6.45, 7) is 3.55. The van der Waals surface area contributed by atoms with Crippen LogP contribution in [0.1, 0.15) is 13.8 Å². The Morgan fingerprint density at radius 1 is 1.53 bits per heavy atom. The van der Waals surface area contributed by atoms with Gasteiger partial charge in [-0.25, -0.2) is 0 Å². The molecule has 0 saturated carbocycles. The standard InChI is InChI=1S/C12H12BrN3O3/c1-7(2)9(6-14)12(17)15-11-4-3-8(16(18)19)5-10(11)13/h3-5,7,9H,1-2H3,(H,15,17). The lowest BCUT2D eigenvalue weighted by atomic mass is 9.96. The van der Waals surface area contributed by atoms with Crippen LogP contribution in [-0.2, 0) is 4.79 Å². The van der Waals surface area contributed by atoms with Crippen molar-refractivity contribution in [2.75, 3.05) is 5.32 Å². The number of carbonyl (C=O) groups is 1. The molecule has 0 spiro atoms. The van der Waals surface area contributed by atoms with Gasteiger partial charge in [0.05, 0.1) is 16.7 Å². The molecule has 1 N–H and O–H groups in total. The van der Waals surface area contributed by atoms with Gasteiger partial charge in [-0.3, -0.25) is 14.9 Å². The maximum absolute atomic E-state index is 11.9. The molecule has 1 aromatic rings. The number of nitrogens with zero attached hydrogens (tertiary/aromatic N) is 2. The summed E-state index contributed by atoms with van der Waals surface area (Å²) in [7, 11) is 0. The highest BCUT2D eigenvalue weighted by Crippen LogP contribution is 2.27. The van der Waals surface area contributed by atoms with Crippen molar-refractivity contribution in [2.45, 2.75) is 13.8 Å². The molecule has 7 heteroatoms. The minimum absolute atomic E-state index is 0.0782. The maximum atomic E-state index is 11.9. The quantitative estimate of drug-likeness (QED) is 0.679. The minimum atomic E-state index is -0.762. The van der Waals surface area contributed by atoms with Crippen LogP contribution in [0, 0.1) is 33.3 Å². The first-order chi connectivity index (χ1) is 8.86. The van der Waals surface area contributed by atoms with Gasteiger partial charge in [0.15, 0.2) is 0 Å². The SMILES string of the molecule is CC(C)C(C#N)C(=O)Nc1ccc([N+](=O)[O-])cc1Br. The molecule has 100 valence electrons. The third-order valence-corrected chi connectivity index (χ3v) is 3.17. The maximum Gasteiger partial charge on any atom is 0.270 e. The first-order valence-electron chi connectivity index (χ1n) is 5.51. The summed E-state index contributed by atoms with van der Waals surface area (Å²) in [5.74, 6) is -1.30. The highest BCUT2D eigenvalue weighted by molar-refractivity contribution is 9.10. The first kappa shape index (κ1) is 15.1. The lowest BCUT2D eigenvalue weighted by molar-refractivity contribution is -0.384. The zero-order chi connectivity index (χ0) is 14.6. The molecule has 0 saturated heterocycles. The molecule has 1 rings (SSSR count). The molecule has 19 heavy (non-hydrogen) atoms. The van der Waals surface area contributed by atoms with Crippen LogP contribution in [0.25, 0.3) is 0 Å². The number of hydrogen-bond acceptors (Lipinski definition) is 4. The number of amides is 1. The van der Waals surface area contributed by atoms with E-state index in [1.165, 1.54) is 18.2 Å². The fourth-order valence-electron chi connectivity index (χ4n) is 1.44. The number of nitriles is 1. The molecule has 0 aromatic heterocycles. The predicted molar refractivity (Wildman–Crippen MR) is 73.4 cm³/mol. The average molecular weight is 326 g/mol. The van der Waals surface area contributed by atoms with Crippen molar-refractivity contribution in [1.29, 1.82) is 5.26 Å². The topological polar surface area (TPSA) is 96.0 Å². The van der Waals surface area contributed by atoms with E-state index >= 15 is 0 Å². The predicted octanol–water partition coefficient (Wildman–Crippen LogP) is 3.09. The number of benzene rings is 1. The van der Waals surface area contributed by atoms with Crippen molar-refractivity contribution < 1.29 is 9.72 Å². The van der Waals surface area contributed by atoms with Crippen molar-refractivity contribution in [2.24, 2.45) is 11.8 Å². The van der Waals surface area contributed by atoms with E-state index in [1.807, 2.05) is 6.07 Å². The van der Waals surface area contributed by atoms with E-state index in [0.717, 1.165) is 0 Å². The average Bonchev–Trinajstić information content (AvgIpc) is 2.31. The molecule has 0 heterocycles. The van der Waals surface area contributed by atoms with E-state index in [2.05, 4.69) is 21.2 Å². The van der Waals surface area contributed by atoms with Crippen LogP contribution in [0.2, 0.25) is 0 Å². The zero-order valence-corrected chi connectivity index (χ0v) is 12.0. The minimum Gasteiger partial charge on any atom is -0.324 e. The number of halogens is 1. The lowest BCUT2D eigenvalue weighted by Gasteiger charge is -2.13. The molecule has 1 unspecified atom stereocenters. The Morgan fingerprint density at radius 2 is 2.16 bits per heavy atom. The molecule has 0 aliphatic heterocycles. The molecule has 0 radical (unpaired) electrons. The molecule has 1 atom stereocenters. The van der Waals surface area contributed by atoms with Crippen LogP contribution in [-0.4, -0.2) is 10.8 Å². The van der Waals surface area contributed by atoms with Gasteiger partial charge in [0.25, 0.3) is 5.69 Å². The van der Waals surface area contributed by atoms with Gasteiger partial charge in [0.1, 0.15) is 5.92 Å². The largest absolute Gasteiger partial charge is 0.324 e. The second-order valence-corrected chi connectivity index (χ2v) is 5.12. The highest BCUT2D eigenvalue weighted by atomic mass is 79.9. The molecule has 1 amide bonds. The molecule has 0 aliphatic rings. The Morgan fingerprint density at radius 3 is 2.58 bits per heavy atom. The molecular formula is C12H12BrN3O3. The second-order valence-electron chi connectivity index (χ2n) is 4.26. The molecule has 0 fully saturated rings. The number of nitro benzene ring substituents is 1. The van der Waals surface area contributed by atoms with Gasteiger partial charge in [-0.05, 0) is 27.9 Å². The molecular weight excluding hydrogens is 314 g/mol. The van der Waals surface area contributed by atoms with Gasteiger partial charge in [0.2, 0.25) is 5.91 Å². The van der Waals surface area contributed by atoms with Crippen LogP contribution in [0.4, 0.5) is 11.4 Å². The van der Waals surface area contributed by atoms with E-state index in [0.29, 0.717) is 10.2 Å². The Kier molecular flexibility index (Phi) is 5.01. The Balaban J connectivity index is 2.92. The summed E-state index contributed by atoms with van der Waals surface area (Å²) in [5.41, 5.74) is 0.321. The van der Waals surface area contributed by atoms with Gasteiger partial charge < -0.3 is 5.32 Å². The van der Waals surface area contributed by atoms with Crippen LogP contribution < -0.4 is 5.32 Å². The second kappa shape index (κ2) is 6.29. The third-order valence-electron chi connectivity index (χ3n) is 2.51. The van der Waals surface area contributed by atoms with Crippen molar-refractivity contribution in [1.82, 2.24) is 0 Å². The Bertz CT molecular complexity index is 552. The summed E-state index contributed by atoms with van der Waals surface area (Å²) < 4.78 is 0.399. The van der Waals surface area contributed by atoms with E-state index in [1.54, 1.807) is 13.8 Å². The molecule has 6 nitrogen and oxygen atoms in total. The van der Waals surface area contributed by atoms with Crippen LogP contribution in [0.3, 0.4) is 0 Å². The van der Waals surface area contributed by atoms with Gasteiger partial charge in [0, 0.05) is 16.6 Å². The van der Waals surface area contributed by atoms with Gasteiger partial charge in [-0.1, -0.05) is 13.8 Å². The van der Waals surface area contributed by atoms with Crippen molar-refractivity contribution in [3.63, 3.8) is 0 Å². The summed E-state index contributed by atoms with van der Waals surface area (Å²) in [5, 5.41) is 22.1. The van der Waals surface area contributed by atoms with Crippen LogP contribution in [0.5, 0.6) is 0 Å². The van der Waals surface area contributed by atoms with E-state index < -0.39 is 16.7 Å². The summed E-state index contributed by atoms with van der Waals surface area (Å²) in [6.07, 6.45) is 0. The summed E-state index contributed by atoms with van der Waals surface area (Å²) in [6, 6.07) is 5.95.